The second kappa shape index (κ2) is 8.15. The van der Waals surface area contributed by atoms with Crippen LogP contribution in [-0.2, 0) is 16.3 Å². The van der Waals surface area contributed by atoms with Crippen molar-refractivity contribution < 1.29 is 27.3 Å². The molecular formula is C23H21F3N6O3+. The van der Waals surface area contributed by atoms with Crippen LogP contribution >= 0.6 is 0 Å². The van der Waals surface area contributed by atoms with Gasteiger partial charge in [-0.2, -0.15) is 13.2 Å². The Bertz CT molecular complexity index is 1450. The molecule has 3 aromatic rings. The van der Waals surface area contributed by atoms with E-state index in [1.165, 1.54) is 7.05 Å². The number of carbonyl (C=O) groups is 1. The molecule has 2 aliphatic rings. The molecule has 1 N–H and O–H groups in total. The summed E-state index contributed by atoms with van der Waals surface area (Å²) in [6, 6.07) is 7.81. The molecule has 4 heterocycles. The van der Waals surface area contributed by atoms with Gasteiger partial charge in [-0.15, -0.1) is 0 Å². The van der Waals surface area contributed by atoms with Crippen molar-refractivity contribution in [2.45, 2.75) is 18.0 Å². The van der Waals surface area contributed by atoms with Crippen molar-refractivity contribution in [3.63, 3.8) is 0 Å². The van der Waals surface area contributed by atoms with Crippen LogP contribution in [0.1, 0.15) is 27.9 Å². The molecule has 1 saturated heterocycles. The number of hydrogen-bond donors (Lipinski definition) is 1. The fraction of sp³-hybridized carbons (Fsp3) is 0.304. The standard InChI is InChI=1S/C23H21F3N6O3/c1-27-20(33)14-6-17(23(24,25)26)18-10-31(21(34)32(18)9-14)16-5-3-4-15(7-16)22(11-35-12-22)8-19-29-28-13-30(19)2/h3-7,9-10,13H,8,11-12H2,1-2H3,(H,27,33)/q+1. The van der Waals surface area contributed by atoms with Crippen LogP contribution in [0.5, 0.6) is 0 Å². The van der Waals surface area contributed by atoms with E-state index in [-0.39, 0.29) is 11.1 Å². The van der Waals surface area contributed by atoms with Crippen LogP contribution in [0.15, 0.2) is 57.7 Å². The summed E-state index contributed by atoms with van der Waals surface area (Å²) in [7, 11) is 3.15. The highest BCUT2D eigenvalue weighted by Crippen LogP contribution is 2.40. The van der Waals surface area contributed by atoms with Gasteiger partial charge in [0, 0.05) is 31.3 Å². The predicted molar refractivity (Wildman–Crippen MR) is 119 cm³/mol. The lowest BCUT2D eigenvalue weighted by Gasteiger charge is -2.42. The van der Waals surface area contributed by atoms with Crippen LogP contribution in [-0.4, -0.2) is 53.1 Å². The molecule has 1 amide bonds. The molecule has 0 saturated carbocycles. The van der Waals surface area contributed by atoms with Gasteiger partial charge in [-0.3, -0.25) is 13.8 Å². The van der Waals surface area contributed by atoms with Gasteiger partial charge in [-0.1, -0.05) is 12.1 Å². The van der Waals surface area contributed by atoms with Gasteiger partial charge in [0.2, 0.25) is 0 Å². The lowest BCUT2D eigenvalue weighted by atomic mass is 9.75. The highest BCUT2D eigenvalue weighted by atomic mass is 19.4. The van der Waals surface area contributed by atoms with Crippen LogP contribution in [0.2, 0.25) is 0 Å². The molecule has 5 rings (SSSR count). The highest BCUT2D eigenvalue weighted by molar-refractivity contribution is 5.94. The zero-order chi connectivity index (χ0) is 25.0. The minimum Gasteiger partial charge on any atom is -0.379 e. The van der Waals surface area contributed by atoms with Crippen LogP contribution in [0.4, 0.5) is 13.2 Å². The fourth-order valence-electron chi connectivity index (χ4n) is 4.34. The van der Waals surface area contributed by atoms with Crippen molar-refractivity contribution in [2.24, 2.45) is 10.2 Å². The van der Waals surface area contributed by atoms with Crippen LogP contribution in [0.3, 0.4) is 0 Å². The van der Waals surface area contributed by atoms with Crippen LogP contribution in [0.25, 0.3) is 11.2 Å². The maximum absolute atomic E-state index is 13.8. The monoisotopic (exact) mass is 486 g/mol. The third-order valence-corrected chi connectivity index (χ3v) is 6.36. The Morgan fingerprint density at radius 2 is 2.03 bits per heavy atom. The van der Waals surface area contributed by atoms with E-state index < -0.39 is 28.8 Å². The lowest BCUT2D eigenvalue weighted by Crippen LogP contribution is -2.48. The summed E-state index contributed by atoms with van der Waals surface area (Å²) < 4.78 is 50.8. The van der Waals surface area contributed by atoms with E-state index in [1.807, 2.05) is 17.7 Å². The molecule has 35 heavy (non-hydrogen) atoms. The van der Waals surface area contributed by atoms with Crippen molar-refractivity contribution in [2.75, 3.05) is 27.3 Å². The summed E-state index contributed by atoms with van der Waals surface area (Å²) >= 11 is 0. The molecule has 1 aromatic carbocycles. The molecule has 1 radical (unpaired) electrons. The van der Waals surface area contributed by atoms with Crippen molar-refractivity contribution in [3.05, 3.63) is 76.1 Å². The van der Waals surface area contributed by atoms with E-state index in [0.29, 0.717) is 25.3 Å². The first-order valence-corrected chi connectivity index (χ1v) is 10.7. The molecular weight excluding hydrogens is 465 g/mol. The molecule has 9 nitrogen and oxygen atoms in total. The largest absolute Gasteiger partial charge is 0.418 e. The third-order valence-electron chi connectivity index (χ3n) is 6.36. The molecule has 12 heteroatoms. The second-order valence-corrected chi connectivity index (χ2v) is 8.61. The zero-order valence-corrected chi connectivity index (χ0v) is 18.8. The fourth-order valence-corrected chi connectivity index (χ4v) is 4.34. The van der Waals surface area contributed by atoms with Gasteiger partial charge in [0.1, 0.15) is 0 Å². The molecule has 0 atom stereocenters. The normalized spacial score (nSPS) is 17.5. The maximum atomic E-state index is 13.8. The molecule has 2 aromatic heterocycles. The number of nitrogens with zero attached hydrogens (tertiary/aromatic N) is 5. The van der Waals surface area contributed by atoms with Crippen LogP contribution in [0, 0.1) is 6.17 Å². The van der Waals surface area contributed by atoms with Gasteiger partial charge >= 0.3 is 24.4 Å². The number of benzene rings is 1. The topological polar surface area (TPSA) is 92.5 Å². The zero-order valence-electron chi connectivity index (χ0n) is 18.8. The number of azo groups is 1. The van der Waals surface area contributed by atoms with E-state index in [4.69, 9.17) is 4.74 Å². The quantitative estimate of drug-likeness (QED) is 0.563. The molecule has 0 bridgehead atoms. The van der Waals surface area contributed by atoms with E-state index >= 15 is 0 Å². The van der Waals surface area contributed by atoms with E-state index in [1.54, 1.807) is 24.5 Å². The number of amides is 1. The Kier molecular flexibility index (Phi) is 5.35. The second-order valence-electron chi connectivity index (χ2n) is 8.61. The van der Waals surface area contributed by atoms with E-state index in [9.17, 15) is 22.8 Å². The number of ether oxygens (including phenoxy) is 1. The number of alkyl halides is 3. The Morgan fingerprint density at radius 1 is 1.26 bits per heavy atom. The Hall–Kier alpha value is -3.80. The number of aromatic nitrogens is 2. The number of halogens is 3. The third kappa shape index (κ3) is 3.83. The number of fused-ring (bicyclic) bond motifs is 1. The van der Waals surface area contributed by atoms with Crippen molar-refractivity contribution >= 4 is 17.8 Å². The van der Waals surface area contributed by atoms with E-state index in [0.717, 1.165) is 39.2 Å². The number of rotatable bonds is 5. The van der Waals surface area contributed by atoms with Crippen molar-refractivity contribution in [3.8, 4) is 5.69 Å². The number of hydrogen-bond acceptors (Lipinski definition) is 5. The molecule has 181 valence electrons. The summed E-state index contributed by atoms with van der Waals surface area (Å²) in [5.41, 5.74) is -1.54. The first kappa shape index (κ1) is 23.0. The molecule has 0 spiro atoms. The van der Waals surface area contributed by atoms with Gasteiger partial charge in [0.25, 0.3) is 5.91 Å². The van der Waals surface area contributed by atoms with Crippen LogP contribution < -0.4 is 11.0 Å². The smallest absolute Gasteiger partial charge is 0.379 e. The van der Waals surface area contributed by atoms with Gasteiger partial charge in [-0.25, -0.2) is 9.37 Å². The van der Waals surface area contributed by atoms with Gasteiger partial charge in [0.15, 0.2) is 0 Å². The summed E-state index contributed by atoms with van der Waals surface area (Å²) in [5, 5.41) is 10.4. The maximum Gasteiger partial charge on any atom is 0.418 e. The first-order chi connectivity index (χ1) is 16.6. The average molecular weight is 486 g/mol. The Morgan fingerprint density at radius 3 is 2.63 bits per heavy atom. The summed E-state index contributed by atoms with van der Waals surface area (Å²) in [6.45, 7) is 0.868. The Labute approximate surface area is 197 Å². The van der Waals surface area contributed by atoms with Gasteiger partial charge in [0.05, 0.1) is 47.7 Å². The average Bonchev–Trinajstić information content (AvgIpc) is 3.36. The summed E-state index contributed by atoms with van der Waals surface area (Å²) in [4.78, 5) is 25.2. The van der Waals surface area contributed by atoms with Gasteiger partial charge in [-0.05, 0) is 28.9 Å². The molecule has 2 aliphatic heterocycles. The molecule has 0 aliphatic carbocycles. The summed E-state index contributed by atoms with van der Waals surface area (Å²) in [5.74, 6) is -0.727. The van der Waals surface area contributed by atoms with Crippen molar-refractivity contribution in [1.82, 2.24) is 14.3 Å². The number of nitrogens with one attached hydrogen (secondary N) is 1. The first-order valence-electron chi connectivity index (χ1n) is 10.7. The number of carbonyl (C=O) groups excluding carboxylic acids is 1. The summed E-state index contributed by atoms with van der Waals surface area (Å²) in [6.07, 6.45) is 0.414. The SMILES string of the molecule is CNC(=O)c1cc(C(F)(F)F)c2cn(-c3cccc(C4(C[C]5N=NC=[N+]5C)COC4)c3)c(=O)n2c1. The lowest BCUT2D eigenvalue weighted by molar-refractivity contribution is -0.478. The highest BCUT2D eigenvalue weighted by Gasteiger charge is 2.46. The number of pyridine rings is 1. The van der Waals surface area contributed by atoms with E-state index in [2.05, 4.69) is 15.5 Å². The van der Waals surface area contributed by atoms with Crippen molar-refractivity contribution in [1.29, 1.82) is 0 Å². The molecule has 1 fully saturated rings. The minimum atomic E-state index is -4.76. The number of imidazole rings is 1. The van der Waals surface area contributed by atoms with Gasteiger partial charge < -0.3 is 10.1 Å². The Balaban J connectivity index is 1.61. The molecule has 0 unspecified atom stereocenters. The minimum absolute atomic E-state index is 0.268. The predicted octanol–water partition coefficient (Wildman–Crippen LogP) is 2.75.